The summed E-state index contributed by atoms with van der Waals surface area (Å²) < 4.78 is 16.6. The van der Waals surface area contributed by atoms with Crippen molar-refractivity contribution in [3.8, 4) is 0 Å². The Morgan fingerprint density at radius 1 is 1.41 bits per heavy atom. The van der Waals surface area contributed by atoms with Gasteiger partial charge in [0.1, 0.15) is 5.75 Å². The van der Waals surface area contributed by atoms with E-state index in [0.29, 0.717) is 5.02 Å². The molecule has 0 aliphatic carbocycles. The van der Waals surface area contributed by atoms with Gasteiger partial charge in [-0.3, -0.25) is 9.00 Å². The van der Waals surface area contributed by atoms with Crippen molar-refractivity contribution in [3.05, 3.63) is 34.9 Å². The zero-order valence-corrected chi connectivity index (χ0v) is 11.4. The maximum absolute atomic E-state index is 11.7. The summed E-state index contributed by atoms with van der Waals surface area (Å²) in [6.07, 6.45) is -0.181. The molecule has 17 heavy (non-hydrogen) atoms. The van der Waals surface area contributed by atoms with E-state index < -0.39 is 16.8 Å². The van der Waals surface area contributed by atoms with Crippen molar-refractivity contribution in [2.75, 3.05) is 5.75 Å². The number of ether oxygens (including phenoxy) is 1. The fourth-order valence-electron chi connectivity index (χ4n) is 1.27. The number of benzene rings is 1. The summed E-state index contributed by atoms with van der Waals surface area (Å²) in [5.74, 6) is -0.263. The quantitative estimate of drug-likeness (QED) is 0.775. The van der Waals surface area contributed by atoms with E-state index in [-0.39, 0.29) is 17.6 Å². The molecule has 1 unspecified atom stereocenters. The van der Waals surface area contributed by atoms with Gasteiger partial charge in [-0.2, -0.15) is 0 Å². The van der Waals surface area contributed by atoms with Gasteiger partial charge in [-0.15, -0.1) is 0 Å². The third kappa shape index (κ3) is 5.33. The number of esters is 1. The van der Waals surface area contributed by atoms with Gasteiger partial charge in [-0.1, -0.05) is 29.8 Å². The molecule has 0 spiro atoms. The molecule has 0 saturated carbocycles. The van der Waals surface area contributed by atoms with Crippen LogP contribution < -0.4 is 0 Å². The van der Waals surface area contributed by atoms with Crippen molar-refractivity contribution in [3.63, 3.8) is 0 Å². The minimum absolute atomic E-state index is 0.0938. The fraction of sp³-hybridized carbons (Fsp3) is 0.417. The highest BCUT2D eigenvalue weighted by Gasteiger charge is 2.12. The maximum atomic E-state index is 11.7. The van der Waals surface area contributed by atoms with Gasteiger partial charge in [0.25, 0.3) is 0 Å². The summed E-state index contributed by atoms with van der Waals surface area (Å²) in [7, 11) is -1.29. The van der Waals surface area contributed by atoms with Gasteiger partial charge in [-0.05, 0) is 25.5 Å². The van der Waals surface area contributed by atoms with E-state index in [1.54, 1.807) is 26.0 Å². The first-order valence-corrected chi connectivity index (χ1v) is 7.13. The molecule has 0 radical (unpaired) electrons. The molecule has 0 N–H and O–H groups in total. The highest BCUT2D eigenvalue weighted by molar-refractivity contribution is 7.84. The van der Waals surface area contributed by atoms with Gasteiger partial charge < -0.3 is 4.74 Å². The summed E-state index contributed by atoms with van der Waals surface area (Å²) in [6.45, 7) is 3.52. The van der Waals surface area contributed by atoms with Crippen LogP contribution in [0, 0.1) is 0 Å². The first-order chi connectivity index (χ1) is 7.99. The van der Waals surface area contributed by atoms with Crippen molar-refractivity contribution in [1.82, 2.24) is 0 Å². The zero-order chi connectivity index (χ0) is 12.8. The van der Waals surface area contributed by atoms with Crippen LogP contribution in [0.15, 0.2) is 24.3 Å². The smallest absolute Gasteiger partial charge is 0.318 e. The monoisotopic (exact) mass is 274 g/mol. The summed E-state index contributed by atoms with van der Waals surface area (Å²) >= 11 is 5.94. The largest absolute Gasteiger partial charge is 0.462 e. The molecular weight excluding hydrogens is 260 g/mol. The second-order valence-electron chi connectivity index (χ2n) is 3.86. The van der Waals surface area contributed by atoms with E-state index in [4.69, 9.17) is 16.3 Å². The lowest BCUT2D eigenvalue weighted by Gasteiger charge is -2.08. The molecule has 0 fully saturated rings. The molecule has 1 rings (SSSR count). The Balaban J connectivity index is 2.51. The summed E-state index contributed by atoms with van der Waals surface area (Å²) in [5, 5.41) is 0.568. The number of carbonyl (C=O) groups excluding carboxylic acids is 1. The van der Waals surface area contributed by atoms with Gasteiger partial charge in [-0.25, -0.2) is 0 Å². The predicted molar refractivity (Wildman–Crippen MR) is 69.4 cm³/mol. The minimum Gasteiger partial charge on any atom is -0.462 e. The molecule has 0 saturated heterocycles. The van der Waals surface area contributed by atoms with Gasteiger partial charge in [0.15, 0.2) is 0 Å². The minimum atomic E-state index is -1.29. The van der Waals surface area contributed by atoms with E-state index in [9.17, 15) is 9.00 Å². The number of hydrogen-bond donors (Lipinski definition) is 0. The first-order valence-electron chi connectivity index (χ1n) is 5.27. The molecular formula is C12H15ClO3S. The Morgan fingerprint density at radius 3 is 2.65 bits per heavy atom. The fourth-order valence-corrected chi connectivity index (χ4v) is 2.58. The van der Waals surface area contributed by atoms with E-state index >= 15 is 0 Å². The van der Waals surface area contributed by atoms with Crippen molar-refractivity contribution in [2.24, 2.45) is 0 Å². The van der Waals surface area contributed by atoms with Gasteiger partial charge in [0.05, 0.1) is 11.9 Å². The van der Waals surface area contributed by atoms with Crippen LogP contribution in [-0.2, 0) is 26.1 Å². The van der Waals surface area contributed by atoms with E-state index in [1.165, 1.54) is 0 Å². The Bertz CT molecular complexity index is 418. The molecule has 0 aromatic heterocycles. The van der Waals surface area contributed by atoms with Crippen LogP contribution >= 0.6 is 11.6 Å². The summed E-state index contributed by atoms with van der Waals surface area (Å²) in [5.41, 5.74) is 0.782. The standard InChI is InChI=1S/C12H15ClO3S/c1-9(2)16-12(14)8-17(15)7-10-5-3-4-6-11(10)13/h3-6,9H,7-8H2,1-2H3. The van der Waals surface area contributed by atoms with Gasteiger partial charge >= 0.3 is 5.97 Å². The highest BCUT2D eigenvalue weighted by Crippen LogP contribution is 2.16. The molecule has 0 aliphatic heterocycles. The van der Waals surface area contributed by atoms with Crippen LogP contribution in [0.2, 0.25) is 5.02 Å². The highest BCUT2D eigenvalue weighted by atomic mass is 35.5. The van der Waals surface area contributed by atoms with E-state index in [2.05, 4.69) is 0 Å². The number of halogens is 1. The summed E-state index contributed by atoms with van der Waals surface area (Å²) in [6, 6.07) is 7.17. The van der Waals surface area contributed by atoms with Gasteiger partial charge in [0, 0.05) is 15.8 Å². The van der Waals surface area contributed by atoms with E-state index in [1.807, 2.05) is 12.1 Å². The van der Waals surface area contributed by atoms with Crippen molar-refractivity contribution < 1.29 is 13.7 Å². The second kappa shape index (κ2) is 6.77. The van der Waals surface area contributed by atoms with Gasteiger partial charge in [0.2, 0.25) is 0 Å². The van der Waals surface area contributed by atoms with Crippen molar-refractivity contribution in [2.45, 2.75) is 25.7 Å². The third-order valence-electron chi connectivity index (χ3n) is 1.92. The van der Waals surface area contributed by atoms with Crippen molar-refractivity contribution >= 4 is 28.4 Å². The summed E-state index contributed by atoms with van der Waals surface area (Å²) in [4.78, 5) is 11.3. The Kier molecular flexibility index (Phi) is 5.65. The van der Waals surface area contributed by atoms with Crippen LogP contribution in [-0.4, -0.2) is 22.0 Å². The van der Waals surface area contributed by atoms with Crippen LogP contribution in [0.4, 0.5) is 0 Å². The zero-order valence-electron chi connectivity index (χ0n) is 9.81. The maximum Gasteiger partial charge on any atom is 0.318 e. The van der Waals surface area contributed by atoms with E-state index in [0.717, 1.165) is 5.56 Å². The molecule has 0 aliphatic rings. The molecule has 1 aromatic carbocycles. The Hall–Kier alpha value is -0.870. The Morgan fingerprint density at radius 2 is 2.06 bits per heavy atom. The lowest BCUT2D eigenvalue weighted by atomic mass is 10.2. The molecule has 1 atom stereocenters. The molecule has 3 nitrogen and oxygen atoms in total. The molecule has 5 heteroatoms. The molecule has 94 valence electrons. The first kappa shape index (κ1) is 14.2. The predicted octanol–water partition coefficient (Wildman–Crippen LogP) is 2.54. The number of carbonyl (C=O) groups is 1. The van der Waals surface area contributed by atoms with Crippen molar-refractivity contribution in [1.29, 1.82) is 0 Å². The third-order valence-corrected chi connectivity index (χ3v) is 3.48. The average molecular weight is 275 g/mol. The lowest BCUT2D eigenvalue weighted by molar-refractivity contribution is -0.144. The normalized spacial score (nSPS) is 12.5. The lowest BCUT2D eigenvalue weighted by Crippen LogP contribution is -2.18. The topological polar surface area (TPSA) is 43.4 Å². The molecule has 0 bridgehead atoms. The average Bonchev–Trinajstić information content (AvgIpc) is 2.19. The van der Waals surface area contributed by atoms with Crippen LogP contribution in [0.5, 0.6) is 0 Å². The molecule has 0 heterocycles. The second-order valence-corrected chi connectivity index (χ2v) is 5.72. The molecule has 1 aromatic rings. The molecule has 0 amide bonds. The van der Waals surface area contributed by atoms with Crippen LogP contribution in [0.1, 0.15) is 19.4 Å². The number of hydrogen-bond acceptors (Lipinski definition) is 3. The van der Waals surface area contributed by atoms with Crippen LogP contribution in [0.3, 0.4) is 0 Å². The van der Waals surface area contributed by atoms with Crippen LogP contribution in [0.25, 0.3) is 0 Å². The SMILES string of the molecule is CC(C)OC(=O)CS(=O)Cc1ccccc1Cl. The number of rotatable bonds is 5. The Labute approximate surface area is 109 Å².